The number of carbonyl (C=O) groups is 3. The van der Waals surface area contributed by atoms with E-state index in [1.54, 1.807) is 0 Å². The molecule has 0 aromatic heterocycles. The zero-order valence-corrected chi connectivity index (χ0v) is 9.56. The van der Waals surface area contributed by atoms with Crippen LogP contribution in [-0.4, -0.2) is 30.2 Å². The lowest BCUT2D eigenvalue weighted by molar-refractivity contribution is -0.149. The van der Waals surface area contributed by atoms with E-state index in [0.717, 1.165) is 12.8 Å². The summed E-state index contributed by atoms with van der Waals surface area (Å²) < 4.78 is 4.28. The third-order valence-corrected chi connectivity index (χ3v) is 2.89. The van der Waals surface area contributed by atoms with Gasteiger partial charge in [0.05, 0.1) is 18.9 Å². The van der Waals surface area contributed by atoms with E-state index >= 15 is 0 Å². The summed E-state index contributed by atoms with van der Waals surface area (Å²) in [5, 5.41) is 8.99. The first kappa shape index (κ1) is 13.3. The lowest BCUT2D eigenvalue weighted by Crippen LogP contribution is -2.47. The maximum absolute atomic E-state index is 11.7. The molecule has 0 radical (unpaired) electrons. The van der Waals surface area contributed by atoms with Gasteiger partial charge in [-0.1, -0.05) is 12.8 Å². The van der Waals surface area contributed by atoms with Crippen LogP contribution in [0.25, 0.3) is 0 Å². The van der Waals surface area contributed by atoms with E-state index in [9.17, 15) is 14.4 Å². The number of nitrogens with one attached hydrogen (secondary N) is 2. The zero-order valence-electron chi connectivity index (χ0n) is 9.56. The number of carboxylic acids is 1. The molecular formula is C10H16N2O5. The summed E-state index contributed by atoms with van der Waals surface area (Å²) in [4.78, 5) is 33.4. The minimum absolute atomic E-state index is 0.484. The summed E-state index contributed by atoms with van der Waals surface area (Å²) in [6.07, 6.45) is 1.85. The van der Waals surface area contributed by atoms with Gasteiger partial charge in [0, 0.05) is 0 Å². The van der Waals surface area contributed by atoms with Crippen LogP contribution in [0.15, 0.2) is 0 Å². The smallest absolute Gasteiger partial charge is 0.425 e. The van der Waals surface area contributed by atoms with Crippen LogP contribution in [-0.2, 0) is 14.3 Å². The molecule has 7 heteroatoms. The maximum Gasteiger partial charge on any atom is 0.425 e. The molecule has 0 heterocycles. The number of ether oxygens (including phenoxy) is 1. The fraction of sp³-hybridized carbons (Fsp3) is 0.700. The molecule has 0 bridgehead atoms. The summed E-state index contributed by atoms with van der Waals surface area (Å²) in [6.45, 7) is 0. The van der Waals surface area contributed by atoms with E-state index in [2.05, 4.69) is 10.2 Å². The van der Waals surface area contributed by atoms with Gasteiger partial charge in [0.2, 0.25) is 5.91 Å². The number of carboxylic acid groups (broad SMARTS) is 1. The normalized spacial score (nSPS) is 23.6. The van der Waals surface area contributed by atoms with Crippen LogP contribution < -0.4 is 10.9 Å². The number of hydrogen-bond acceptors (Lipinski definition) is 4. The minimum Gasteiger partial charge on any atom is -0.481 e. The van der Waals surface area contributed by atoms with E-state index in [4.69, 9.17) is 5.11 Å². The topological polar surface area (TPSA) is 105 Å². The second kappa shape index (κ2) is 6.07. The molecule has 0 saturated heterocycles. The number of hydrogen-bond donors (Lipinski definition) is 3. The van der Waals surface area contributed by atoms with Crippen molar-refractivity contribution in [3.63, 3.8) is 0 Å². The largest absolute Gasteiger partial charge is 0.481 e. The quantitative estimate of drug-likeness (QED) is 0.604. The van der Waals surface area contributed by atoms with Gasteiger partial charge in [-0.2, -0.15) is 0 Å². The number of rotatable bonds is 2. The molecule has 3 N–H and O–H groups in total. The molecule has 1 fully saturated rings. The Balaban J connectivity index is 2.53. The third-order valence-electron chi connectivity index (χ3n) is 2.89. The average molecular weight is 244 g/mol. The average Bonchev–Trinajstić information content (AvgIpc) is 2.35. The minimum atomic E-state index is -0.970. The lowest BCUT2D eigenvalue weighted by Gasteiger charge is -2.27. The second-order valence-corrected chi connectivity index (χ2v) is 3.94. The van der Waals surface area contributed by atoms with E-state index in [1.807, 2.05) is 5.43 Å². The fourth-order valence-electron chi connectivity index (χ4n) is 2.00. The summed E-state index contributed by atoms with van der Waals surface area (Å²) in [5.41, 5.74) is 4.20. The standard InChI is InChI=1S/C10H16N2O5/c1-17-10(16)12-11-8(13)6-4-2-3-5-7(6)9(14)15/h6-7H,2-5H2,1H3,(H,11,13)(H,12,16)(H,14,15)/t6-,7+/m0/s1. The molecule has 1 aliphatic rings. The van der Waals surface area contributed by atoms with Crippen molar-refractivity contribution >= 4 is 18.0 Å². The molecule has 1 rings (SSSR count). The van der Waals surface area contributed by atoms with Gasteiger partial charge >= 0.3 is 12.1 Å². The molecule has 0 spiro atoms. The van der Waals surface area contributed by atoms with Crippen LogP contribution in [0.2, 0.25) is 0 Å². The number of aliphatic carboxylic acids is 1. The molecule has 0 aliphatic heterocycles. The van der Waals surface area contributed by atoms with Gasteiger partial charge in [-0.05, 0) is 12.8 Å². The highest BCUT2D eigenvalue weighted by Crippen LogP contribution is 2.30. The van der Waals surface area contributed by atoms with Crippen LogP contribution >= 0.6 is 0 Å². The van der Waals surface area contributed by atoms with Crippen LogP contribution in [0, 0.1) is 11.8 Å². The lowest BCUT2D eigenvalue weighted by atomic mass is 9.79. The van der Waals surface area contributed by atoms with Crippen molar-refractivity contribution in [3.05, 3.63) is 0 Å². The Labute approximate surface area is 98.5 Å². The van der Waals surface area contributed by atoms with Crippen LogP contribution in [0.4, 0.5) is 4.79 Å². The molecule has 1 aliphatic carbocycles. The van der Waals surface area contributed by atoms with Crippen LogP contribution in [0.3, 0.4) is 0 Å². The maximum atomic E-state index is 11.7. The highest BCUT2D eigenvalue weighted by atomic mass is 16.5. The summed E-state index contributed by atoms with van der Waals surface area (Å²) in [5.74, 6) is -2.73. The third kappa shape index (κ3) is 3.61. The molecule has 0 unspecified atom stereocenters. The number of methoxy groups -OCH3 is 1. The van der Waals surface area contributed by atoms with Crippen molar-refractivity contribution in [1.29, 1.82) is 0 Å². The predicted molar refractivity (Wildman–Crippen MR) is 56.8 cm³/mol. The number of amides is 2. The monoisotopic (exact) mass is 244 g/mol. The van der Waals surface area contributed by atoms with Crippen LogP contribution in [0.5, 0.6) is 0 Å². The Bertz CT molecular complexity index is 318. The predicted octanol–water partition coefficient (Wildman–Crippen LogP) is 0.265. The van der Waals surface area contributed by atoms with Gasteiger partial charge in [-0.3, -0.25) is 15.0 Å². The van der Waals surface area contributed by atoms with Gasteiger partial charge in [-0.15, -0.1) is 0 Å². The number of hydrazine groups is 1. The Morgan fingerprint density at radius 1 is 1.12 bits per heavy atom. The molecule has 0 aromatic rings. The molecule has 17 heavy (non-hydrogen) atoms. The summed E-state index contributed by atoms with van der Waals surface area (Å²) in [6, 6.07) is 0. The van der Waals surface area contributed by atoms with Crippen molar-refractivity contribution in [2.24, 2.45) is 11.8 Å². The van der Waals surface area contributed by atoms with Crippen molar-refractivity contribution in [2.45, 2.75) is 25.7 Å². The molecule has 7 nitrogen and oxygen atoms in total. The zero-order chi connectivity index (χ0) is 12.8. The Hall–Kier alpha value is -1.79. The SMILES string of the molecule is COC(=O)NNC(=O)[C@H]1CCCC[C@H]1C(=O)O. The highest BCUT2D eigenvalue weighted by molar-refractivity contribution is 5.86. The summed E-state index contributed by atoms with van der Waals surface area (Å²) >= 11 is 0. The van der Waals surface area contributed by atoms with Crippen molar-refractivity contribution in [2.75, 3.05) is 7.11 Å². The molecule has 2 atom stereocenters. The van der Waals surface area contributed by atoms with Gasteiger partial charge in [0.25, 0.3) is 0 Å². The Morgan fingerprint density at radius 3 is 2.24 bits per heavy atom. The molecule has 1 saturated carbocycles. The number of carbonyl (C=O) groups excluding carboxylic acids is 2. The molecule has 2 amide bonds. The van der Waals surface area contributed by atoms with E-state index in [1.165, 1.54) is 7.11 Å². The van der Waals surface area contributed by atoms with E-state index in [-0.39, 0.29) is 0 Å². The second-order valence-electron chi connectivity index (χ2n) is 3.94. The fourth-order valence-corrected chi connectivity index (χ4v) is 2.00. The Morgan fingerprint density at radius 2 is 1.71 bits per heavy atom. The van der Waals surface area contributed by atoms with Gasteiger partial charge < -0.3 is 9.84 Å². The highest BCUT2D eigenvalue weighted by Gasteiger charge is 2.35. The van der Waals surface area contributed by atoms with Gasteiger partial charge in [0.1, 0.15) is 0 Å². The van der Waals surface area contributed by atoms with E-state index in [0.29, 0.717) is 12.8 Å². The van der Waals surface area contributed by atoms with Gasteiger partial charge in [-0.25, -0.2) is 10.2 Å². The van der Waals surface area contributed by atoms with Gasteiger partial charge in [0.15, 0.2) is 0 Å². The molecule has 96 valence electrons. The Kier molecular flexibility index (Phi) is 4.74. The van der Waals surface area contributed by atoms with E-state index < -0.39 is 29.8 Å². The van der Waals surface area contributed by atoms with Crippen LogP contribution in [0.1, 0.15) is 25.7 Å². The summed E-state index contributed by atoms with van der Waals surface area (Å²) in [7, 11) is 1.17. The molecule has 0 aromatic carbocycles. The first-order chi connectivity index (χ1) is 8.06. The van der Waals surface area contributed by atoms with Crippen molar-refractivity contribution in [3.8, 4) is 0 Å². The van der Waals surface area contributed by atoms with Crippen molar-refractivity contribution in [1.82, 2.24) is 10.9 Å². The van der Waals surface area contributed by atoms with Crippen molar-refractivity contribution < 1.29 is 24.2 Å². The molecular weight excluding hydrogens is 228 g/mol. The first-order valence-electron chi connectivity index (χ1n) is 5.43. The first-order valence-corrected chi connectivity index (χ1v) is 5.43.